The largest absolute Gasteiger partial charge is 1.00 e. The van der Waals surface area contributed by atoms with Gasteiger partial charge in [0, 0.05) is 39.6 Å². The fourth-order valence-corrected chi connectivity index (χ4v) is 8.47. The zero-order valence-corrected chi connectivity index (χ0v) is 22.6. The maximum Gasteiger partial charge on any atom is 1.00 e. The molecule has 0 aromatic heterocycles. The van der Waals surface area contributed by atoms with Crippen LogP contribution in [0.5, 0.6) is 0 Å². The van der Waals surface area contributed by atoms with Gasteiger partial charge in [0.1, 0.15) is 0 Å². The third kappa shape index (κ3) is 10.2. The van der Waals surface area contributed by atoms with Crippen LogP contribution in [0.4, 0.5) is 4.79 Å². The van der Waals surface area contributed by atoms with Crippen LogP contribution >= 0.6 is 7.37 Å². The number of rotatable bonds is 10. The first-order chi connectivity index (χ1) is 14.3. The second-order valence-corrected chi connectivity index (χ2v) is 12.1. The molecule has 3 saturated heterocycles. The van der Waals surface area contributed by atoms with Gasteiger partial charge in [0.15, 0.2) is 0 Å². The smallest absolute Gasteiger partial charge is 0.798 e. The first kappa shape index (κ1) is 29.0. The predicted molar refractivity (Wildman–Crippen MR) is 107 cm³/mol. The molecular weight excluding hydrogens is 458 g/mol. The van der Waals surface area contributed by atoms with Gasteiger partial charge in [-0.15, -0.1) is 0 Å². The van der Waals surface area contributed by atoms with E-state index in [4.69, 9.17) is 22.8 Å². The van der Waals surface area contributed by atoms with Crippen molar-refractivity contribution in [1.82, 2.24) is 9.80 Å². The second kappa shape index (κ2) is 14.3. The number of ether oxygens (including phenoxy) is 2. The van der Waals surface area contributed by atoms with Crippen molar-refractivity contribution in [2.24, 2.45) is 0 Å². The summed E-state index contributed by atoms with van der Waals surface area (Å²) in [6.45, 7) is 7.10. The first-order valence-corrected chi connectivity index (χ1v) is 14.2. The van der Waals surface area contributed by atoms with Crippen LogP contribution in [-0.2, 0) is 32.1 Å². The van der Waals surface area contributed by atoms with Gasteiger partial charge in [0.2, 0.25) is 0 Å². The summed E-state index contributed by atoms with van der Waals surface area (Å²) in [5.41, 5.74) is 0. The zero-order chi connectivity index (χ0) is 22.0. The van der Waals surface area contributed by atoms with E-state index in [1.807, 2.05) is 0 Å². The van der Waals surface area contributed by atoms with E-state index in [-0.39, 0.29) is 67.9 Å². The standard InChI is InChI=1S/C17H33N2O9PSi.Na/c1-3-24-16(20)5-6-19(17(21)25-4-2)15-29(22,23)13-14-30-26-10-7-18(8-11-27-30)9-12-28-30;/h3-15H2,1-2H3,(H,22,23);/q;+1/p-1. The molecule has 3 rings (SSSR count). The molecule has 11 nitrogen and oxygen atoms in total. The average Bonchev–Trinajstić information content (AvgIpc) is 2.64. The van der Waals surface area contributed by atoms with E-state index in [0.29, 0.717) is 19.8 Å². The van der Waals surface area contributed by atoms with Gasteiger partial charge in [-0.3, -0.25) is 9.69 Å². The van der Waals surface area contributed by atoms with E-state index in [1.54, 1.807) is 13.8 Å². The molecule has 3 aliphatic heterocycles. The minimum atomic E-state index is -4.04. The molecule has 174 valence electrons. The summed E-state index contributed by atoms with van der Waals surface area (Å²) in [6, 6.07) is 0.127. The minimum absolute atomic E-state index is 0. The van der Waals surface area contributed by atoms with Crippen LogP contribution in [0.2, 0.25) is 6.04 Å². The Kier molecular flexibility index (Phi) is 13.4. The summed E-state index contributed by atoms with van der Waals surface area (Å²) in [5, 5.41) is 0. The molecule has 0 aliphatic carbocycles. The molecule has 31 heavy (non-hydrogen) atoms. The van der Waals surface area contributed by atoms with E-state index >= 15 is 0 Å². The van der Waals surface area contributed by atoms with Crippen molar-refractivity contribution in [2.45, 2.75) is 26.3 Å². The van der Waals surface area contributed by atoms with Crippen molar-refractivity contribution in [1.29, 1.82) is 0 Å². The van der Waals surface area contributed by atoms with Crippen LogP contribution < -0.4 is 34.5 Å². The fourth-order valence-electron chi connectivity index (χ4n) is 3.20. The maximum atomic E-state index is 12.8. The van der Waals surface area contributed by atoms with Crippen molar-refractivity contribution in [2.75, 3.05) is 71.7 Å². The zero-order valence-electron chi connectivity index (χ0n) is 18.7. The Morgan fingerprint density at radius 1 is 1.06 bits per heavy atom. The quantitative estimate of drug-likeness (QED) is 0.182. The van der Waals surface area contributed by atoms with E-state index in [2.05, 4.69) is 4.90 Å². The van der Waals surface area contributed by atoms with Crippen LogP contribution in [0, 0.1) is 0 Å². The van der Waals surface area contributed by atoms with Crippen LogP contribution in [0.1, 0.15) is 20.3 Å². The Morgan fingerprint density at radius 2 is 1.61 bits per heavy atom. The molecule has 0 radical (unpaired) electrons. The second-order valence-electron chi connectivity index (χ2n) is 7.02. The first-order valence-electron chi connectivity index (χ1n) is 10.3. The summed E-state index contributed by atoms with van der Waals surface area (Å²) in [6.07, 6.45) is -1.66. The van der Waals surface area contributed by atoms with Gasteiger partial charge in [-0.1, -0.05) is 0 Å². The van der Waals surface area contributed by atoms with E-state index in [1.165, 1.54) is 0 Å². The number of carbonyl (C=O) groups is 2. The monoisotopic (exact) mass is 490 g/mol. The Balaban J connectivity index is 0.00000480. The van der Waals surface area contributed by atoms with Crippen LogP contribution in [0.15, 0.2) is 0 Å². The summed E-state index contributed by atoms with van der Waals surface area (Å²) < 4.78 is 40.1. The van der Waals surface area contributed by atoms with E-state index < -0.39 is 34.5 Å². The number of hydrogen-bond acceptors (Lipinski definition) is 10. The van der Waals surface area contributed by atoms with Crippen molar-refractivity contribution in [3.8, 4) is 0 Å². The number of fused-ring (bicyclic) bond motifs is 6. The molecular formula is C17H32N2NaO9PSi. The van der Waals surface area contributed by atoms with Gasteiger partial charge in [-0.25, -0.2) is 4.79 Å². The number of nitrogens with zero attached hydrogens (tertiary/aromatic N) is 2. The summed E-state index contributed by atoms with van der Waals surface area (Å²) in [7, 11) is -7.12. The van der Waals surface area contributed by atoms with Crippen LogP contribution in [-0.4, -0.2) is 102 Å². The number of amides is 1. The third-order valence-corrected chi connectivity index (χ3v) is 9.64. The summed E-state index contributed by atoms with van der Waals surface area (Å²) in [4.78, 5) is 39.8. The van der Waals surface area contributed by atoms with Gasteiger partial charge in [0.05, 0.1) is 45.7 Å². The molecule has 3 fully saturated rings. The number of esters is 1. The number of carbonyl (C=O) groups excluding carboxylic acids is 2. The maximum absolute atomic E-state index is 12.8. The van der Waals surface area contributed by atoms with E-state index in [0.717, 1.165) is 24.5 Å². The normalized spacial score (nSPS) is 25.2. The molecule has 0 saturated carbocycles. The molecule has 0 aromatic rings. The third-order valence-electron chi connectivity index (χ3n) is 4.75. The molecule has 1 amide bonds. The Labute approximate surface area is 206 Å². The topological polar surface area (TPSA) is 127 Å². The SMILES string of the molecule is CCOC(=O)CCN(CP(=O)([O-])CC[Si]12OCCN(CCO1)CCO2)C(=O)OCC.[Na+]. The summed E-state index contributed by atoms with van der Waals surface area (Å²) in [5.74, 6) is -0.507. The molecule has 3 aliphatic rings. The Morgan fingerprint density at radius 3 is 2.13 bits per heavy atom. The minimum Gasteiger partial charge on any atom is -0.798 e. The van der Waals surface area contributed by atoms with Gasteiger partial charge in [-0.2, -0.15) is 0 Å². The van der Waals surface area contributed by atoms with E-state index in [9.17, 15) is 19.0 Å². The molecule has 1 atom stereocenters. The molecule has 0 N–H and O–H groups in total. The van der Waals surface area contributed by atoms with Crippen molar-refractivity contribution in [3.05, 3.63) is 0 Å². The van der Waals surface area contributed by atoms with Crippen molar-refractivity contribution < 1.29 is 71.4 Å². The average molecular weight is 490 g/mol. The molecule has 0 aromatic carbocycles. The molecule has 14 heteroatoms. The van der Waals surface area contributed by atoms with Crippen molar-refractivity contribution in [3.63, 3.8) is 0 Å². The molecule has 2 bridgehead atoms. The summed E-state index contributed by atoms with van der Waals surface area (Å²) >= 11 is 0. The molecule has 3 heterocycles. The molecule has 0 spiro atoms. The Bertz CT molecular complexity index is 604. The van der Waals surface area contributed by atoms with Gasteiger partial charge >= 0.3 is 50.4 Å². The van der Waals surface area contributed by atoms with Crippen molar-refractivity contribution >= 4 is 28.2 Å². The Hall–Kier alpha value is -0.0131. The number of hydrogen-bond donors (Lipinski definition) is 0. The van der Waals surface area contributed by atoms with Gasteiger partial charge in [0.25, 0.3) is 0 Å². The van der Waals surface area contributed by atoms with Crippen LogP contribution in [0.3, 0.4) is 0 Å². The molecule has 1 unspecified atom stereocenters. The van der Waals surface area contributed by atoms with Crippen LogP contribution in [0.25, 0.3) is 0 Å². The predicted octanol–water partition coefficient (Wildman–Crippen LogP) is -2.68. The van der Waals surface area contributed by atoms with Gasteiger partial charge in [-0.05, 0) is 20.0 Å². The fraction of sp³-hybridized carbons (Fsp3) is 0.882. The van der Waals surface area contributed by atoms with Gasteiger partial charge < -0.3 is 37.1 Å².